The third-order valence-electron chi connectivity index (χ3n) is 4.63. The molecule has 0 bridgehead atoms. The Labute approximate surface area is 157 Å². The Bertz CT molecular complexity index is 823. The summed E-state index contributed by atoms with van der Waals surface area (Å²) in [6, 6.07) is 11.4. The first-order valence-electron chi connectivity index (χ1n) is 8.53. The van der Waals surface area contributed by atoms with Gasteiger partial charge < -0.3 is 24.4 Å². The van der Waals surface area contributed by atoms with Gasteiger partial charge in [0.1, 0.15) is 12.0 Å². The molecule has 27 heavy (non-hydrogen) atoms. The lowest BCUT2D eigenvalue weighted by Crippen LogP contribution is -2.43. The number of carbonyl (C=O) groups excluding carboxylic acids is 2. The predicted molar refractivity (Wildman–Crippen MR) is 99.2 cm³/mol. The van der Waals surface area contributed by atoms with E-state index in [-0.39, 0.29) is 23.0 Å². The molecule has 1 heterocycles. The van der Waals surface area contributed by atoms with E-state index in [1.807, 2.05) is 24.3 Å². The van der Waals surface area contributed by atoms with Gasteiger partial charge in [-0.2, -0.15) is 0 Å². The molecule has 1 unspecified atom stereocenters. The first-order valence-corrected chi connectivity index (χ1v) is 8.53. The highest BCUT2D eigenvalue weighted by molar-refractivity contribution is 6.60. The van der Waals surface area contributed by atoms with E-state index in [1.54, 1.807) is 12.0 Å². The molecule has 2 aromatic rings. The van der Waals surface area contributed by atoms with Crippen molar-refractivity contribution in [1.29, 1.82) is 0 Å². The second-order valence-corrected chi connectivity index (χ2v) is 6.20. The average Bonchev–Trinajstić information content (AvgIpc) is 2.72. The molecular formula is C19H20BNO6. The van der Waals surface area contributed by atoms with Crippen molar-refractivity contribution in [1.82, 2.24) is 4.90 Å². The second-order valence-electron chi connectivity index (χ2n) is 6.20. The number of morpholine rings is 1. The summed E-state index contributed by atoms with van der Waals surface area (Å²) >= 11 is 0. The summed E-state index contributed by atoms with van der Waals surface area (Å²) in [6.45, 7) is 1.20. The van der Waals surface area contributed by atoms with E-state index in [0.29, 0.717) is 31.6 Å². The number of hydrogen-bond donors (Lipinski definition) is 2. The molecule has 1 saturated heterocycles. The topological polar surface area (TPSA) is 96.3 Å². The summed E-state index contributed by atoms with van der Waals surface area (Å²) in [5.74, 6) is 0.475. The lowest BCUT2D eigenvalue weighted by molar-refractivity contribution is -0.00270. The zero-order valence-corrected chi connectivity index (χ0v) is 14.9. The van der Waals surface area contributed by atoms with E-state index in [9.17, 15) is 19.6 Å². The molecule has 140 valence electrons. The zero-order chi connectivity index (χ0) is 19.4. The van der Waals surface area contributed by atoms with Crippen LogP contribution >= 0.6 is 0 Å². The molecule has 1 fully saturated rings. The summed E-state index contributed by atoms with van der Waals surface area (Å²) in [6.07, 6.45) is 0.506. The van der Waals surface area contributed by atoms with Crippen molar-refractivity contribution in [3.63, 3.8) is 0 Å². The van der Waals surface area contributed by atoms with Crippen molar-refractivity contribution in [3.8, 4) is 5.75 Å². The van der Waals surface area contributed by atoms with Crippen molar-refractivity contribution < 1.29 is 29.1 Å². The SMILES string of the molecule is COc1ccc(C2COCCN2C(=O)c2ccc(B(O)O)c(C=O)c2)cc1. The number of ether oxygens (including phenoxy) is 2. The number of hydrogen-bond acceptors (Lipinski definition) is 6. The van der Waals surface area contributed by atoms with Gasteiger partial charge >= 0.3 is 7.12 Å². The van der Waals surface area contributed by atoms with Gasteiger partial charge in [-0.3, -0.25) is 9.59 Å². The van der Waals surface area contributed by atoms with Crippen LogP contribution < -0.4 is 10.2 Å². The Balaban J connectivity index is 1.90. The summed E-state index contributed by atoms with van der Waals surface area (Å²) in [4.78, 5) is 26.0. The quantitative estimate of drug-likeness (QED) is 0.585. The number of amides is 1. The second kappa shape index (κ2) is 8.34. The fourth-order valence-corrected chi connectivity index (χ4v) is 3.16. The van der Waals surface area contributed by atoms with E-state index in [2.05, 4.69) is 0 Å². The van der Waals surface area contributed by atoms with Gasteiger partial charge in [-0.05, 0) is 35.3 Å². The monoisotopic (exact) mass is 369 g/mol. The maximum atomic E-state index is 13.1. The fourth-order valence-electron chi connectivity index (χ4n) is 3.16. The highest BCUT2D eigenvalue weighted by Gasteiger charge is 2.30. The van der Waals surface area contributed by atoms with Crippen LogP contribution in [0.2, 0.25) is 0 Å². The third-order valence-corrected chi connectivity index (χ3v) is 4.63. The van der Waals surface area contributed by atoms with E-state index >= 15 is 0 Å². The van der Waals surface area contributed by atoms with E-state index in [4.69, 9.17) is 9.47 Å². The summed E-state index contributed by atoms with van der Waals surface area (Å²) < 4.78 is 10.7. The Morgan fingerprint density at radius 1 is 1.26 bits per heavy atom. The summed E-state index contributed by atoms with van der Waals surface area (Å²) in [5, 5.41) is 18.6. The van der Waals surface area contributed by atoms with Crippen LogP contribution in [0, 0.1) is 0 Å². The van der Waals surface area contributed by atoms with Crippen LogP contribution in [-0.2, 0) is 4.74 Å². The lowest BCUT2D eigenvalue weighted by atomic mass is 9.76. The molecule has 3 rings (SSSR count). The highest BCUT2D eigenvalue weighted by atomic mass is 16.5. The Hall–Kier alpha value is -2.68. The van der Waals surface area contributed by atoms with Gasteiger partial charge in [-0.15, -0.1) is 0 Å². The zero-order valence-electron chi connectivity index (χ0n) is 14.9. The predicted octanol–water partition coefficient (Wildman–Crippen LogP) is 0.401. The molecule has 1 amide bonds. The Morgan fingerprint density at radius 3 is 2.63 bits per heavy atom. The smallest absolute Gasteiger partial charge is 0.489 e. The highest BCUT2D eigenvalue weighted by Crippen LogP contribution is 2.27. The third kappa shape index (κ3) is 4.03. The van der Waals surface area contributed by atoms with Crippen molar-refractivity contribution in [2.75, 3.05) is 26.9 Å². The number of methoxy groups -OCH3 is 1. The van der Waals surface area contributed by atoms with Crippen molar-refractivity contribution in [2.24, 2.45) is 0 Å². The van der Waals surface area contributed by atoms with Crippen LogP contribution in [0.5, 0.6) is 5.75 Å². The summed E-state index contributed by atoms with van der Waals surface area (Å²) in [5.41, 5.74) is 1.36. The Kier molecular flexibility index (Phi) is 5.90. The number of rotatable bonds is 5. The van der Waals surface area contributed by atoms with Crippen molar-refractivity contribution in [3.05, 3.63) is 59.2 Å². The first kappa shape index (κ1) is 19.1. The number of carbonyl (C=O) groups is 2. The Morgan fingerprint density at radius 2 is 2.00 bits per heavy atom. The van der Waals surface area contributed by atoms with Crippen molar-refractivity contribution in [2.45, 2.75) is 6.04 Å². The molecule has 2 aromatic carbocycles. The number of benzene rings is 2. The lowest BCUT2D eigenvalue weighted by Gasteiger charge is -2.36. The molecule has 0 saturated carbocycles. The first-order chi connectivity index (χ1) is 13.0. The molecule has 8 heteroatoms. The molecule has 1 atom stereocenters. The molecule has 0 aromatic heterocycles. The maximum absolute atomic E-state index is 13.1. The van der Waals surface area contributed by atoms with Gasteiger partial charge in [0.25, 0.3) is 5.91 Å². The van der Waals surface area contributed by atoms with E-state index in [0.717, 1.165) is 11.3 Å². The van der Waals surface area contributed by atoms with Gasteiger partial charge in [0.05, 0.1) is 26.4 Å². The minimum absolute atomic E-state index is 0.0650. The average molecular weight is 369 g/mol. The van der Waals surface area contributed by atoms with Crippen LogP contribution in [0.4, 0.5) is 0 Å². The number of nitrogens with zero attached hydrogens (tertiary/aromatic N) is 1. The van der Waals surface area contributed by atoms with Gasteiger partial charge in [0, 0.05) is 17.7 Å². The minimum atomic E-state index is -1.77. The molecule has 7 nitrogen and oxygen atoms in total. The minimum Gasteiger partial charge on any atom is -0.497 e. The van der Waals surface area contributed by atoms with Crippen LogP contribution in [0.3, 0.4) is 0 Å². The molecule has 1 aliphatic heterocycles. The van der Waals surface area contributed by atoms with E-state index in [1.165, 1.54) is 18.2 Å². The van der Waals surface area contributed by atoms with E-state index < -0.39 is 7.12 Å². The van der Waals surface area contributed by atoms with Crippen LogP contribution in [-0.4, -0.2) is 61.1 Å². The van der Waals surface area contributed by atoms with Gasteiger partial charge in [-0.25, -0.2) is 0 Å². The molecule has 1 aliphatic rings. The van der Waals surface area contributed by atoms with Crippen LogP contribution in [0.25, 0.3) is 0 Å². The van der Waals surface area contributed by atoms with Crippen LogP contribution in [0.1, 0.15) is 32.3 Å². The normalized spacial score (nSPS) is 16.7. The molecule has 2 N–H and O–H groups in total. The van der Waals surface area contributed by atoms with Gasteiger partial charge in [-0.1, -0.05) is 18.2 Å². The van der Waals surface area contributed by atoms with Crippen LogP contribution in [0.15, 0.2) is 42.5 Å². The fraction of sp³-hybridized carbons (Fsp3) is 0.263. The molecule has 0 radical (unpaired) electrons. The largest absolute Gasteiger partial charge is 0.497 e. The van der Waals surface area contributed by atoms with Gasteiger partial charge in [0.2, 0.25) is 0 Å². The number of aldehydes is 1. The molecular weight excluding hydrogens is 349 g/mol. The van der Waals surface area contributed by atoms with Gasteiger partial charge in [0.15, 0.2) is 0 Å². The standard InChI is InChI=1S/C19H20BNO6/c1-26-16-5-2-13(3-6-16)18-12-27-9-8-21(18)19(23)14-4-7-17(20(24)25)15(10-14)11-22/h2-7,10-11,18,24-25H,8-9,12H2,1H3. The molecule has 0 aliphatic carbocycles. The van der Waals surface area contributed by atoms with Crippen molar-refractivity contribution >= 4 is 24.8 Å². The summed E-state index contributed by atoms with van der Waals surface area (Å²) in [7, 11) is -0.184. The maximum Gasteiger partial charge on any atom is 0.489 e. The molecule has 0 spiro atoms.